The molecule has 106 valence electrons. The van der Waals surface area contributed by atoms with E-state index in [9.17, 15) is 0 Å². The van der Waals surface area contributed by atoms with Gasteiger partial charge in [0.1, 0.15) is 0 Å². The molecule has 1 unspecified atom stereocenters. The number of likely N-dealkylation sites (N-methyl/N-ethyl adjacent to an activating group) is 1. The number of hydrogen-bond acceptors (Lipinski definition) is 3. The first-order valence-corrected chi connectivity index (χ1v) is 7.25. The van der Waals surface area contributed by atoms with Gasteiger partial charge in [-0.25, -0.2) is 0 Å². The molecule has 1 aromatic rings. The van der Waals surface area contributed by atoms with Gasteiger partial charge in [0.25, 0.3) is 0 Å². The first-order chi connectivity index (χ1) is 9.22. The summed E-state index contributed by atoms with van der Waals surface area (Å²) < 4.78 is 5.45. The van der Waals surface area contributed by atoms with Gasteiger partial charge in [0.2, 0.25) is 0 Å². The third kappa shape index (κ3) is 3.78. The fourth-order valence-corrected chi connectivity index (χ4v) is 3.01. The highest BCUT2D eigenvalue weighted by molar-refractivity contribution is 5.25. The monoisotopic (exact) mass is 262 g/mol. The van der Waals surface area contributed by atoms with Crippen molar-refractivity contribution in [2.75, 3.05) is 26.8 Å². The summed E-state index contributed by atoms with van der Waals surface area (Å²) in [5.74, 6) is 0.674. The van der Waals surface area contributed by atoms with Gasteiger partial charge in [0, 0.05) is 32.3 Å². The molecule has 19 heavy (non-hydrogen) atoms. The second-order valence-electron chi connectivity index (χ2n) is 5.59. The molecule has 0 aliphatic carbocycles. The summed E-state index contributed by atoms with van der Waals surface area (Å²) in [4.78, 5) is 2.42. The van der Waals surface area contributed by atoms with Crippen LogP contribution in [-0.4, -0.2) is 37.7 Å². The lowest BCUT2D eigenvalue weighted by atomic mass is 9.90. The fraction of sp³-hybridized carbons (Fsp3) is 0.625. The number of nitrogens with zero attached hydrogens (tertiary/aromatic N) is 1. The van der Waals surface area contributed by atoms with Crippen LogP contribution in [0, 0.1) is 12.8 Å². The largest absolute Gasteiger partial charge is 0.381 e. The zero-order chi connectivity index (χ0) is 13.7. The Morgan fingerprint density at radius 1 is 1.32 bits per heavy atom. The Kier molecular flexibility index (Phi) is 5.37. The van der Waals surface area contributed by atoms with Gasteiger partial charge in [-0.1, -0.05) is 24.3 Å². The van der Waals surface area contributed by atoms with Gasteiger partial charge in [0.15, 0.2) is 0 Å². The molecular formula is C16H26N2O. The predicted octanol–water partition coefficient (Wildman–Crippen LogP) is 2.18. The van der Waals surface area contributed by atoms with Crippen LogP contribution in [0.3, 0.4) is 0 Å². The molecule has 0 amide bonds. The Hall–Kier alpha value is -0.900. The number of ether oxygens (including phenoxy) is 1. The zero-order valence-corrected chi connectivity index (χ0v) is 12.1. The molecule has 0 radical (unpaired) electrons. The van der Waals surface area contributed by atoms with Crippen LogP contribution in [0.15, 0.2) is 24.3 Å². The summed E-state index contributed by atoms with van der Waals surface area (Å²) in [5, 5.41) is 0. The molecule has 0 saturated carbocycles. The highest BCUT2D eigenvalue weighted by Gasteiger charge is 2.26. The standard InChI is InChI=1S/C16H26N2O/c1-13-5-3-4-6-15(13)12-18(2)16(11-17)14-7-9-19-10-8-14/h3-6,14,16H,7-12,17H2,1-2H3. The number of aryl methyl sites for hydroxylation is 1. The SMILES string of the molecule is Cc1ccccc1CN(C)C(CN)C1CCOCC1. The van der Waals surface area contributed by atoms with Crippen molar-refractivity contribution in [1.29, 1.82) is 0 Å². The smallest absolute Gasteiger partial charge is 0.0469 e. The maximum atomic E-state index is 6.01. The van der Waals surface area contributed by atoms with Crippen LogP contribution in [-0.2, 0) is 11.3 Å². The minimum Gasteiger partial charge on any atom is -0.381 e. The van der Waals surface area contributed by atoms with E-state index in [2.05, 4.69) is 43.1 Å². The lowest BCUT2D eigenvalue weighted by Gasteiger charge is -2.36. The van der Waals surface area contributed by atoms with Gasteiger partial charge in [-0.3, -0.25) is 4.90 Å². The predicted molar refractivity (Wildman–Crippen MR) is 79.0 cm³/mol. The van der Waals surface area contributed by atoms with Crippen molar-refractivity contribution < 1.29 is 4.74 Å². The number of hydrogen-bond donors (Lipinski definition) is 1. The number of rotatable bonds is 5. The number of nitrogens with two attached hydrogens (primary N) is 1. The third-order valence-corrected chi connectivity index (χ3v) is 4.30. The topological polar surface area (TPSA) is 38.5 Å². The molecular weight excluding hydrogens is 236 g/mol. The quantitative estimate of drug-likeness (QED) is 0.884. The molecule has 2 N–H and O–H groups in total. The Bertz CT molecular complexity index is 388. The van der Waals surface area contributed by atoms with E-state index < -0.39 is 0 Å². The van der Waals surface area contributed by atoms with Gasteiger partial charge in [-0.05, 0) is 43.9 Å². The fourth-order valence-electron chi connectivity index (χ4n) is 3.01. The number of benzene rings is 1. The summed E-state index contributed by atoms with van der Waals surface area (Å²) >= 11 is 0. The summed E-state index contributed by atoms with van der Waals surface area (Å²) in [7, 11) is 2.19. The average molecular weight is 262 g/mol. The summed E-state index contributed by atoms with van der Waals surface area (Å²) in [6.07, 6.45) is 2.28. The maximum Gasteiger partial charge on any atom is 0.0469 e. The van der Waals surface area contributed by atoms with Gasteiger partial charge in [0.05, 0.1) is 0 Å². The molecule has 1 heterocycles. The molecule has 1 aliphatic rings. The average Bonchev–Trinajstić information content (AvgIpc) is 2.43. The second-order valence-corrected chi connectivity index (χ2v) is 5.59. The molecule has 1 aliphatic heterocycles. The van der Waals surface area contributed by atoms with Crippen LogP contribution in [0.2, 0.25) is 0 Å². The summed E-state index contributed by atoms with van der Waals surface area (Å²) in [6.45, 7) is 5.66. The van der Waals surface area contributed by atoms with E-state index in [-0.39, 0.29) is 0 Å². The molecule has 3 nitrogen and oxygen atoms in total. The van der Waals surface area contributed by atoms with E-state index in [1.807, 2.05) is 0 Å². The van der Waals surface area contributed by atoms with Crippen LogP contribution < -0.4 is 5.73 Å². The van der Waals surface area contributed by atoms with E-state index in [1.54, 1.807) is 0 Å². The Labute approximate surface area is 116 Å². The zero-order valence-electron chi connectivity index (χ0n) is 12.1. The molecule has 0 aromatic heterocycles. The van der Waals surface area contributed by atoms with Gasteiger partial charge in [-0.15, -0.1) is 0 Å². The van der Waals surface area contributed by atoms with Crippen molar-refractivity contribution in [3.8, 4) is 0 Å². The van der Waals surface area contributed by atoms with Crippen molar-refractivity contribution in [1.82, 2.24) is 4.90 Å². The van der Waals surface area contributed by atoms with E-state index in [0.717, 1.165) is 39.1 Å². The molecule has 2 rings (SSSR count). The Morgan fingerprint density at radius 3 is 2.63 bits per heavy atom. The van der Waals surface area contributed by atoms with Crippen molar-refractivity contribution in [2.45, 2.75) is 32.4 Å². The van der Waals surface area contributed by atoms with Crippen LogP contribution in [0.25, 0.3) is 0 Å². The molecule has 1 atom stereocenters. The van der Waals surface area contributed by atoms with Gasteiger partial charge in [-0.2, -0.15) is 0 Å². The van der Waals surface area contributed by atoms with Crippen molar-refractivity contribution in [3.05, 3.63) is 35.4 Å². The lowest BCUT2D eigenvalue weighted by molar-refractivity contribution is 0.0321. The van der Waals surface area contributed by atoms with Crippen LogP contribution in [0.4, 0.5) is 0 Å². The maximum absolute atomic E-state index is 6.01. The molecule has 1 aromatic carbocycles. The highest BCUT2D eigenvalue weighted by Crippen LogP contribution is 2.23. The van der Waals surface area contributed by atoms with Crippen molar-refractivity contribution in [3.63, 3.8) is 0 Å². The molecule has 0 bridgehead atoms. The van der Waals surface area contributed by atoms with Crippen LogP contribution >= 0.6 is 0 Å². The molecule has 1 fully saturated rings. The summed E-state index contributed by atoms with van der Waals surface area (Å²) in [5.41, 5.74) is 8.77. The van der Waals surface area contributed by atoms with Crippen LogP contribution in [0.1, 0.15) is 24.0 Å². The third-order valence-electron chi connectivity index (χ3n) is 4.30. The highest BCUT2D eigenvalue weighted by atomic mass is 16.5. The van der Waals surface area contributed by atoms with Crippen molar-refractivity contribution >= 4 is 0 Å². The van der Waals surface area contributed by atoms with Crippen LogP contribution in [0.5, 0.6) is 0 Å². The van der Waals surface area contributed by atoms with E-state index >= 15 is 0 Å². The Balaban J connectivity index is 2.00. The Morgan fingerprint density at radius 2 is 2.00 bits per heavy atom. The van der Waals surface area contributed by atoms with Gasteiger partial charge < -0.3 is 10.5 Å². The molecule has 0 spiro atoms. The summed E-state index contributed by atoms with van der Waals surface area (Å²) in [6, 6.07) is 9.06. The van der Waals surface area contributed by atoms with Crippen molar-refractivity contribution in [2.24, 2.45) is 11.7 Å². The molecule has 3 heteroatoms. The first kappa shape index (κ1) is 14.5. The normalized spacial score (nSPS) is 18.7. The molecule has 1 saturated heterocycles. The lowest BCUT2D eigenvalue weighted by Crippen LogP contribution is -2.45. The van der Waals surface area contributed by atoms with E-state index in [0.29, 0.717) is 12.0 Å². The van der Waals surface area contributed by atoms with Gasteiger partial charge >= 0.3 is 0 Å². The minimum absolute atomic E-state index is 0.462. The minimum atomic E-state index is 0.462. The van der Waals surface area contributed by atoms with E-state index in [4.69, 9.17) is 10.5 Å². The van der Waals surface area contributed by atoms with E-state index in [1.165, 1.54) is 11.1 Å². The second kappa shape index (κ2) is 7.04. The first-order valence-electron chi connectivity index (χ1n) is 7.25.